The molecule has 1 aliphatic heterocycles. The first kappa shape index (κ1) is 19.6. The van der Waals surface area contributed by atoms with Crippen LogP contribution in [0.1, 0.15) is 24.8 Å². The molecular formula is C19H23N7O2S. The summed E-state index contributed by atoms with van der Waals surface area (Å²) in [5, 5.41) is 15.2. The third kappa shape index (κ3) is 5.42. The van der Waals surface area contributed by atoms with Gasteiger partial charge in [-0.15, -0.1) is 10.2 Å². The van der Waals surface area contributed by atoms with Crippen molar-refractivity contribution in [1.82, 2.24) is 35.2 Å². The van der Waals surface area contributed by atoms with Crippen LogP contribution >= 0.6 is 11.8 Å². The number of thioether (sulfide) groups is 1. The summed E-state index contributed by atoms with van der Waals surface area (Å²) in [6.45, 7) is 4.96. The van der Waals surface area contributed by atoms with E-state index >= 15 is 0 Å². The Morgan fingerprint density at radius 3 is 2.97 bits per heavy atom. The molecule has 2 unspecified atom stereocenters. The van der Waals surface area contributed by atoms with Gasteiger partial charge in [-0.2, -0.15) is 5.10 Å². The van der Waals surface area contributed by atoms with E-state index in [0.717, 1.165) is 26.1 Å². The highest BCUT2D eigenvalue weighted by molar-refractivity contribution is 8.00. The Labute approximate surface area is 172 Å². The molecule has 1 saturated heterocycles. The van der Waals surface area contributed by atoms with Crippen molar-refractivity contribution in [3.05, 3.63) is 54.4 Å². The van der Waals surface area contributed by atoms with Crippen LogP contribution in [0.3, 0.4) is 0 Å². The molecule has 2 atom stereocenters. The molecule has 152 valence electrons. The van der Waals surface area contributed by atoms with Gasteiger partial charge in [0.05, 0.1) is 5.25 Å². The molecule has 3 heterocycles. The molecule has 1 N–H and O–H groups in total. The molecule has 0 aliphatic carbocycles. The Hall–Kier alpha value is -2.72. The van der Waals surface area contributed by atoms with Gasteiger partial charge in [-0.25, -0.2) is 9.67 Å². The number of amides is 1. The predicted octanol–water partition coefficient (Wildman–Crippen LogP) is 1.58. The van der Waals surface area contributed by atoms with Crippen molar-refractivity contribution in [2.45, 2.75) is 42.9 Å². The van der Waals surface area contributed by atoms with Crippen LogP contribution in [0.15, 0.2) is 52.6 Å². The Morgan fingerprint density at radius 2 is 2.17 bits per heavy atom. The van der Waals surface area contributed by atoms with E-state index in [1.54, 1.807) is 11.0 Å². The lowest BCUT2D eigenvalue weighted by Crippen LogP contribution is -2.40. The molecule has 0 saturated carbocycles. The molecule has 3 aromatic rings. The van der Waals surface area contributed by atoms with Gasteiger partial charge in [0.1, 0.15) is 19.2 Å². The lowest BCUT2D eigenvalue weighted by molar-refractivity contribution is -0.120. The van der Waals surface area contributed by atoms with Gasteiger partial charge in [-0.1, -0.05) is 42.1 Å². The fourth-order valence-corrected chi connectivity index (χ4v) is 3.97. The average Bonchev–Trinajstić information content (AvgIpc) is 3.47. The minimum atomic E-state index is -0.321. The molecule has 2 aromatic heterocycles. The second kappa shape index (κ2) is 9.19. The fourth-order valence-electron chi connectivity index (χ4n) is 3.26. The van der Waals surface area contributed by atoms with Gasteiger partial charge >= 0.3 is 0 Å². The van der Waals surface area contributed by atoms with Crippen LogP contribution in [0.5, 0.6) is 0 Å². The van der Waals surface area contributed by atoms with E-state index in [0.29, 0.717) is 17.7 Å². The van der Waals surface area contributed by atoms with Crippen molar-refractivity contribution in [2.75, 3.05) is 13.1 Å². The maximum atomic E-state index is 12.6. The van der Waals surface area contributed by atoms with Crippen LogP contribution in [0.4, 0.5) is 0 Å². The summed E-state index contributed by atoms with van der Waals surface area (Å²) in [6.07, 6.45) is 3.98. The van der Waals surface area contributed by atoms with E-state index in [-0.39, 0.29) is 17.2 Å². The molecule has 9 nitrogen and oxygen atoms in total. The normalized spacial score (nSPS) is 18.0. The van der Waals surface area contributed by atoms with Crippen LogP contribution in [0.2, 0.25) is 0 Å². The predicted molar refractivity (Wildman–Crippen MR) is 107 cm³/mol. The summed E-state index contributed by atoms with van der Waals surface area (Å²) in [5.41, 5.74) is 1.29. The first-order valence-corrected chi connectivity index (χ1v) is 10.4. The molecule has 29 heavy (non-hydrogen) atoms. The van der Waals surface area contributed by atoms with Crippen LogP contribution < -0.4 is 5.32 Å². The third-order valence-corrected chi connectivity index (χ3v) is 5.66. The number of likely N-dealkylation sites (tertiary alicyclic amines) is 1. The van der Waals surface area contributed by atoms with Crippen LogP contribution in [0, 0.1) is 0 Å². The van der Waals surface area contributed by atoms with Crippen molar-refractivity contribution < 1.29 is 9.21 Å². The van der Waals surface area contributed by atoms with Crippen molar-refractivity contribution in [2.24, 2.45) is 0 Å². The van der Waals surface area contributed by atoms with Gasteiger partial charge in [0, 0.05) is 25.7 Å². The summed E-state index contributed by atoms with van der Waals surface area (Å²) in [6, 6.07) is 10.6. The van der Waals surface area contributed by atoms with Crippen molar-refractivity contribution in [3.63, 3.8) is 0 Å². The topological polar surface area (TPSA) is 102 Å². The van der Waals surface area contributed by atoms with E-state index in [2.05, 4.69) is 54.8 Å². The summed E-state index contributed by atoms with van der Waals surface area (Å²) in [4.78, 5) is 18.8. The maximum Gasteiger partial charge on any atom is 0.277 e. The second-order valence-corrected chi connectivity index (χ2v) is 8.32. The van der Waals surface area contributed by atoms with Crippen LogP contribution in [0.25, 0.3) is 0 Å². The molecule has 1 fully saturated rings. The fraction of sp³-hybridized carbons (Fsp3) is 0.421. The highest BCUT2D eigenvalue weighted by Crippen LogP contribution is 2.23. The Balaban J connectivity index is 1.23. The number of carbonyl (C=O) groups excluding carboxylic acids is 1. The molecule has 1 aromatic carbocycles. The minimum Gasteiger partial charge on any atom is -0.414 e. The lowest BCUT2D eigenvalue weighted by atomic mass is 10.2. The quantitative estimate of drug-likeness (QED) is 0.556. The zero-order chi connectivity index (χ0) is 20.1. The van der Waals surface area contributed by atoms with Gasteiger partial charge in [0.15, 0.2) is 0 Å². The monoisotopic (exact) mass is 413 g/mol. The van der Waals surface area contributed by atoms with Crippen molar-refractivity contribution in [1.29, 1.82) is 0 Å². The summed E-state index contributed by atoms with van der Waals surface area (Å²) >= 11 is 1.26. The van der Waals surface area contributed by atoms with Crippen molar-refractivity contribution >= 4 is 17.7 Å². The summed E-state index contributed by atoms with van der Waals surface area (Å²) in [7, 11) is 0. The number of carbonyl (C=O) groups is 1. The van der Waals surface area contributed by atoms with Gasteiger partial charge in [-0.3, -0.25) is 9.69 Å². The average molecular weight is 414 g/mol. The van der Waals surface area contributed by atoms with E-state index in [9.17, 15) is 4.79 Å². The second-order valence-electron chi connectivity index (χ2n) is 7.03. The first-order valence-electron chi connectivity index (χ1n) is 9.54. The molecular weight excluding hydrogens is 390 g/mol. The van der Waals surface area contributed by atoms with Gasteiger partial charge in [0.2, 0.25) is 11.8 Å². The maximum absolute atomic E-state index is 12.6. The molecule has 10 heteroatoms. The number of hydrogen-bond acceptors (Lipinski definition) is 8. The lowest BCUT2D eigenvalue weighted by Gasteiger charge is -2.18. The number of benzene rings is 1. The zero-order valence-electron chi connectivity index (χ0n) is 16.1. The standard InChI is InChI=1S/C19H23N7O2S/c1-14(29-19-24-23-17(28-19)11-26-13-20-12-21-26)18(27)22-16-7-8-25(10-16)9-15-5-3-2-4-6-15/h2-6,12-14,16H,7-11H2,1H3,(H,22,27). The van der Waals surface area contributed by atoms with E-state index in [4.69, 9.17) is 4.42 Å². The molecule has 1 aliphatic rings. The smallest absolute Gasteiger partial charge is 0.277 e. The third-order valence-electron chi connectivity index (χ3n) is 4.73. The largest absolute Gasteiger partial charge is 0.414 e. The summed E-state index contributed by atoms with van der Waals surface area (Å²) in [5.74, 6) is 0.413. The van der Waals surface area contributed by atoms with E-state index in [1.807, 2.05) is 13.0 Å². The number of rotatable bonds is 8. The molecule has 0 bridgehead atoms. The Morgan fingerprint density at radius 1 is 1.31 bits per heavy atom. The molecule has 4 rings (SSSR count). The molecule has 0 radical (unpaired) electrons. The van der Waals surface area contributed by atoms with E-state index < -0.39 is 0 Å². The first-order chi connectivity index (χ1) is 14.2. The molecule has 1 amide bonds. The number of hydrogen-bond donors (Lipinski definition) is 1. The van der Waals surface area contributed by atoms with Gasteiger partial charge < -0.3 is 9.73 Å². The molecule has 0 spiro atoms. The van der Waals surface area contributed by atoms with Crippen LogP contribution in [-0.4, -0.2) is 60.2 Å². The minimum absolute atomic E-state index is 0.0161. The zero-order valence-corrected chi connectivity index (χ0v) is 17.0. The van der Waals surface area contributed by atoms with Crippen molar-refractivity contribution in [3.8, 4) is 0 Å². The number of nitrogens with one attached hydrogen (secondary N) is 1. The number of nitrogens with zero attached hydrogens (tertiary/aromatic N) is 6. The SMILES string of the molecule is CC(Sc1nnc(Cn2cncn2)o1)C(=O)NC1CCN(Cc2ccccc2)C1. The van der Waals surface area contributed by atoms with E-state index in [1.165, 1.54) is 23.7 Å². The Bertz CT molecular complexity index is 916. The van der Waals surface area contributed by atoms with Gasteiger partial charge in [0.25, 0.3) is 5.22 Å². The van der Waals surface area contributed by atoms with Gasteiger partial charge in [-0.05, 0) is 18.9 Å². The van der Waals surface area contributed by atoms with Crippen LogP contribution in [-0.2, 0) is 17.9 Å². The number of aromatic nitrogens is 5. The highest BCUT2D eigenvalue weighted by atomic mass is 32.2. The highest BCUT2D eigenvalue weighted by Gasteiger charge is 2.26. The summed E-state index contributed by atoms with van der Waals surface area (Å²) < 4.78 is 7.19. The Kier molecular flexibility index (Phi) is 6.20.